The summed E-state index contributed by atoms with van der Waals surface area (Å²) in [5.41, 5.74) is 0.845. The number of methoxy groups -OCH3 is 1. The summed E-state index contributed by atoms with van der Waals surface area (Å²) in [6.07, 6.45) is 0. The van der Waals surface area contributed by atoms with Crippen molar-refractivity contribution < 1.29 is 14.3 Å². The minimum Gasteiger partial charge on any atom is -0.496 e. The van der Waals surface area contributed by atoms with Crippen molar-refractivity contribution in [1.82, 2.24) is 0 Å². The molecular formula is C10H11BrO3. The summed E-state index contributed by atoms with van der Waals surface area (Å²) in [6.45, 7) is 1.61. The smallest absolute Gasteiger partial charge is 0.302 e. The van der Waals surface area contributed by atoms with E-state index in [1.165, 1.54) is 6.92 Å². The van der Waals surface area contributed by atoms with Gasteiger partial charge >= 0.3 is 5.97 Å². The molecule has 0 fully saturated rings. The molecule has 1 rings (SSSR count). The monoisotopic (exact) mass is 258 g/mol. The Morgan fingerprint density at radius 3 is 2.79 bits per heavy atom. The highest BCUT2D eigenvalue weighted by atomic mass is 79.9. The zero-order chi connectivity index (χ0) is 10.6. The molecule has 76 valence electrons. The predicted molar refractivity (Wildman–Crippen MR) is 56.2 cm³/mol. The number of hydrogen-bond acceptors (Lipinski definition) is 3. The zero-order valence-corrected chi connectivity index (χ0v) is 9.63. The van der Waals surface area contributed by atoms with Crippen molar-refractivity contribution in [1.29, 1.82) is 0 Å². The Kier molecular flexibility index (Phi) is 3.95. The number of ether oxygens (including phenoxy) is 2. The summed E-state index contributed by atoms with van der Waals surface area (Å²) in [4.78, 5) is 10.6. The lowest BCUT2D eigenvalue weighted by atomic mass is 10.2. The predicted octanol–water partition coefficient (Wildman–Crippen LogP) is 2.52. The van der Waals surface area contributed by atoms with Crippen molar-refractivity contribution in [3.8, 4) is 5.75 Å². The van der Waals surface area contributed by atoms with Crippen LogP contribution in [0.25, 0.3) is 0 Å². The van der Waals surface area contributed by atoms with Crippen molar-refractivity contribution >= 4 is 21.9 Å². The second-order valence-corrected chi connectivity index (χ2v) is 3.65. The molecule has 14 heavy (non-hydrogen) atoms. The zero-order valence-electron chi connectivity index (χ0n) is 8.04. The molecule has 0 unspecified atom stereocenters. The van der Waals surface area contributed by atoms with Gasteiger partial charge in [-0.2, -0.15) is 0 Å². The van der Waals surface area contributed by atoms with Gasteiger partial charge in [0.1, 0.15) is 12.4 Å². The van der Waals surface area contributed by atoms with E-state index >= 15 is 0 Å². The van der Waals surface area contributed by atoms with Crippen molar-refractivity contribution in [3.63, 3.8) is 0 Å². The van der Waals surface area contributed by atoms with Crippen LogP contribution in [0.2, 0.25) is 0 Å². The molecule has 0 saturated carbocycles. The number of benzene rings is 1. The number of carbonyl (C=O) groups is 1. The number of hydrogen-bond donors (Lipinski definition) is 0. The Hall–Kier alpha value is -1.03. The van der Waals surface area contributed by atoms with Gasteiger partial charge in [0.25, 0.3) is 0 Å². The summed E-state index contributed by atoms with van der Waals surface area (Å²) in [5, 5.41) is 0. The lowest BCUT2D eigenvalue weighted by Gasteiger charge is -2.08. The summed E-state index contributed by atoms with van der Waals surface area (Å²) >= 11 is 3.34. The average molecular weight is 259 g/mol. The average Bonchev–Trinajstić information content (AvgIpc) is 2.15. The molecule has 0 bridgehead atoms. The molecule has 1 aromatic carbocycles. The van der Waals surface area contributed by atoms with Crippen LogP contribution in [-0.2, 0) is 16.1 Å². The van der Waals surface area contributed by atoms with Crippen LogP contribution in [0.15, 0.2) is 22.7 Å². The van der Waals surface area contributed by atoms with Gasteiger partial charge < -0.3 is 9.47 Å². The first kappa shape index (κ1) is 11.0. The Balaban J connectivity index is 2.82. The summed E-state index contributed by atoms with van der Waals surface area (Å²) in [6, 6.07) is 5.56. The molecule has 0 aliphatic carbocycles. The topological polar surface area (TPSA) is 35.5 Å². The molecule has 0 aromatic heterocycles. The molecule has 0 spiro atoms. The van der Waals surface area contributed by atoms with Crippen molar-refractivity contribution in [2.24, 2.45) is 0 Å². The van der Waals surface area contributed by atoms with Gasteiger partial charge in [0, 0.05) is 17.0 Å². The number of carbonyl (C=O) groups excluding carboxylic acids is 1. The SMILES string of the molecule is COc1ccc(Br)cc1COC(C)=O. The third kappa shape index (κ3) is 3.03. The minimum absolute atomic E-state index is 0.234. The molecule has 3 nitrogen and oxygen atoms in total. The fourth-order valence-corrected chi connectivity index (χ4v) is 1.45. The fourth-order valence-electron chi connectivity index (χ4n) is 1.04. The summed E-state index contributed by atoms with van der Waals surface area (Å²) < 4.78 is 10.9. The number of rotatable bonds is 3. The molecule has 4 heteroatoms. The van der Waals surface area contributed by atoms with E-state index < -0.39 is 0 Å². The first-order valence-corrected chi connectivity index (χ1v) is 4.88. The van der Waals surface area contributed by atoms with Gasteiger partial charge in [0.2, 0.25) is 0 Å². The van der Waals surface area contributed by atoms with Crippen LogP contribution in [0.4, 0.5) is 0 Å². The molecule has 0 atom stereocenters. The van der Waals surface area contributed by atoms with Crippen molar-refractivity contribution in [2.45, 2.75) is 13.5 Å². The second kappa shape index (κ2) is 5.00. The lowest BCUT2D eigenvalue weighted by molar-refractivity contribution is -0.142. The van der Waals surface area contributed by atoms with Gasteiger partial charge in [-0.1, -0.05) is 15.9 Å². The maximum Gasteiger partial charge on any atom is 0.302 e. The van der Waals surface area contributed by atoms with Crippen LogP contribution in [0.3, 0.4) is 0 Å². The highest BCUT2D eigenvalue weighted by molar-refractivity contribution is 9.10. The molecule has 0 aliphatic rings. The van der Waals surface area contributed by atoms with Crippen LogP contribution >= 0.6 is 15.9 Å². The number of halogens is 1. The van der Waals surface area contributed by atoms with E-state index in [4.69, 9.17) is 9.47 Å². The molecular weight excluding hydrogens is 248 g/mol. The Bertz CT molecular complexity index is 336. The van der Waals surface area contributed by atoms with E-state index in [1.807, 2.05) is 18.2 Å². The van der Waals surface area contributed by atoms with Crippen LogP contribution in [0, 0.1) is 0 Å². The largest absolute Gasteiger partial charge is 0.496 e. The van der Waals surface area contributed by atoms with E-state index in [1.54, 1.807) is 7.11 Å². The van der Waals surface area contributed by atoms with E-state index in [-0.39, 0.29) is 12.6 Å². The summed E-state index contributed by atoms with van der Waals surface area (Å²) in [5.74, 6) is 0.418. The van der Waals surface area contributed by atoms with Gasteiger partial charge in [0.05, 0.1) is 7.11 Å². The summed E-state index contributed by atoms with van der Waals surface area (Å²) in [7, 11) is 1.58. The lowest BCUT2D eigenvalue weighted by Crippen LogP contribution is -2.00. The number of esters is 1. The van der Waals surface area contributed by atoms with Gasteiger partial charge in [-0.25, -0.2) is 0 Å². The molecule has 0 heterocycles. The van der Waals surface area contributed by atoms with E-state index in [2.05, 4.69) is 15.9 Å². The molecule has 0 radical (unpaired) electrons. The van der Waals surface area contributed by atoms with Gasteiger partial charge in [-0.3, -0.25) is 4.79 Å². The van der Waals surface area contributed by atoms with Gasteiger partial charge in [0.15, 0.2) is 0 Å². The van der Waals surface area contributed by atoms with Crippen molar-refractivity contribution in [3.05, 3.63) is 28.2 Å². The van der Waals surface area contributed by atoms with E-state index in [0.717, 1.165) is 15.8 Å². The Morgan fingerprint density at radius 1 is 1.50 bits per heavy atom. The van der Waals surface area contributed by atoms with Crippen molar-refractivity contribution in [2.75, 3.05) is 7.11 Å². The second-order valence-electron chi connectivity index (χ2n) is 2.74. The van der Waals surface area contributed by atoms with Gasteiger partial charge in [-0.15, -0.1) is 0 Å². The quantitative estimate of drug-likeness (QED) is 0.782. The highest BCUT2D eigenvalue weighted by Gasteiger charge is 2.04. The van der Waals surface area contributed by atoms with Crippen LogP contribution in [0.5, 0.6) is 5.75 Å². The van der Waals surface area contributed by atoms with E-state index in [0.29, 0.717) is 0 Å². The molecule has 0 saturated heterocycles. The third-order valence-electron chi connectivity index (χ3n) is 1.67. The van der Waals surface area contributed by atoms with Crippen LogP contribution < -0.4 is 4.74 Å². The molecule has 0 amide bonds. The van der Waals surface area contributed by atoms with Crippen LogP contribution in [-0.4, -0.2) is 13.1 Å². The maximum atomic E-state index is 10.6. The third-order valence-corrected chi connectivity index (χ3v) is 2.17. The molecule has 0 aliphatic heterocycles. The van der Waals surface area contributed by atoms with Gasteiger partial charge in [-0.05, 0) is 18.2 Å². The normalized spacial score (nSPS) is 9.64. The first-order chi connectivity index (χ1) is 6.63. The minimum atomic E-state index is -0.299. The Labute approximate surface area is 91.1 Å². The molecule has 1 aromatic rings. The Morgan fingerprint density at radius 2 is 2.21 bits per heavy atom. The molecule has 0 N–H and O–H groups in total. The standard InChI is InChI=1S/C10H11BrO3/c1-7(12)14-6-8-5-9(11)3-4-10(8)13-2/h3-5H,6H2,1-2H3. The first-order valence-electron chi connectivity index (χ1n) is 4.09. The highest BCUT2D eigenvalue weighted by Crippen LogP contribution is 2.23. The van der Waals surface area contributed by atoms with E-state index in [9.17, 15) is 4.79 Å². The fraction of sp³-hybridized carbons (Fsp3) is 0.300. The van der Waals surface area contributed by atoms with Crippen LogP contribution in [0.1, 0.15) is 12.5 Å². The maximum absolute atomic E-state index is 10.6.